The summed E-state index contributed by atoms with van der Waals surface area (Å²) in [5, 5.41) is 12.5. The van der Waals surface area contributed by atoms with Crippen LogP contribution in [-0.4, -0.2) is 13.7 Å². The van der Waals surface area contributed by atoms with Crippen LogP contribution in [0.15, 0.2) is 0 Å². The quantitative estimate of drug-likeness (QED) is 0.833. The van der Waals surface area contributed by atoms with Crippen molar-refractivity contribution in [2.75, 3.05) is 19.0 Å². The van der Waals surface area contributed by atoms with E-state index in [0.717, 1.165) is 33.1 Å². The van der Waals surface area contributed by atoms with E-state index in [4.69, 9.17) is 21.6 Å². The molecule has 0 saturated heterocycles. The molecule has 0 amide bonds. The predicted molar refractivity (Wildman–Crippen MR) is 70.9 cm³/mol. The van der Waals surface area contributed by atoms with Crippen molar-refractivity contribution in [3.05, 3.63) is 21.7 Å². The van der Waals surface area contributed by atoms with Crippen LogP contribution in [-0.2, 0) is 0 Å². The molecule has 1 aromatic carbocycles. The van der Waals surface area contributed by atoms with Gasteiger partial charge in [-0.1, -0.05) is 11.6 Å². The molecule has 1 N–H and O–H groups in total. The Morgan fingerprint density at radius 1 is 1.24 bits per heavy atom. The molecule has 0 aliphatic rings. The minimum Gasteiger partial charge on any atom is -0.494 e. The summed E-state index contributed by atoms with van der Waals surface area (Å²) in [6, 6.07) is 2.10. The first-order valence-corrected chi connectivity index (χ1v) is 5.86. The summed E-state index contributed by atoms with van der Waals surface area (Å²) in [5.74, 6) is 0.808. The maximum atomic E-state index is 8.55. The molecule has 0 saturated carbocycles. The number of ether oxygens (including phenoxy) is 1. The van der Waals surface area contributed by atoms with Crippen molar-refractivity contribution in [3.63, 3.8) is 0 Å². The van der Waals surface area contributed by atoms with E-state index in [2.05, 4.69) is 11.4 Å². The van der Waals surface area contributed by atoms with E-state index in [1.54, 1.807) is 7.11 Å². The number of hydrogen-bond acceptors (Lipinski definition) is 3. The Kier molecular flexibility index (Phi) is 4.65. The first kappa shape index (κ1) is 13.7. The van der Waals surface area contributed by atoms with Crippen LogP contribution >= 0.6 is 11.6 Å². The molecule has 3 nitrogen and oxygen atoms in total. The van der Waals surface area contributed by atoms with Gasteiger partial charge in [0.1, 0.15) is 5.75 Å². The van der Waals surface area contributed by atoms with Gasteiger partial charge in [0.25, 0.3) is 0 Å². The molecule has 0 aliphatic heterocycles. The molecule has 0 radical (unpaired) electrons. The van der Waals surface area contributed by atoms with Gasteiger partial charge < -0.3 is 10.1 Å². The van der Waals surface area contributed by atoms with Gasteiger partial charge in [-0.05, 0) is 37.5 Å². The molecule has 0 fully saturated rings. The Morgan fingerprint density at radius 3 is 2.41 bits per heavy atom. The fourth-order valence-corrected chi connectivity index (χ4v) is 2.03. The van der Waals surface area contributed by atoms with Gasteiger partial charge in [-0.25, -0.2) is 0 Å². The van der Waals surface area contributed by atoms with E-state index in [-0.39, 0.29) is 0 Å². The van der Waals surface area contributed by atoms with Crippen molar-refractivity contribution in [2.45, 2.75) is 27.2 Å². The lowest BCUT2D eigenvalue weighted by atomic mass is 10.0. The molecular weight excluding hydrogens is 236 g/mol. The normalized spacial score (nSPS) is 9.88. The fraction of sp³-hybridized carbons (Fsp3) is 0.462. The molecule has 1 rings (SSSR count). The number of anilines is 1. The van der Waals surface area contributed by atoms with Gasteiger partial charge in [0.15, 0.2) is 0 Å². The van der Waals surface area contributed by atoms with Crippen molar-refractivity contribution >= 4 is 17.3 Å². The molecule has 4 heteroatoms. The van der Waals surface area contributed by atoms with Crippen molar-refractivity contribution < 1.29 is 4.74 Å². The topological polar surface area (TPSA) is 45.0 Å². The zero-order valence-electron chi connectivity index (χ0n) is 10.6. The largest absolute Gasteiger partial charge is 0.494 e. The summed E-state index contributed by atoms with van der Waals surface area (Å²) in [6.45, 7) is 6.50. The number of benzene rings is 1. The Morgan fingerprint density at radius 2 is 1.88 bits per heavy atom. The summed E-state index contributed by atoms with van der Waals surface area (Å²) in [5.41, 5.74) is 3.91. The maximum absolute atomic E-state index is 8.55. The van der Waals surface area contributed by atoms with Crippen molar-refractivity contribution in [1.29, 1.82) is 5.26 Å². The van der Waals surface area contributed by atoms with Gasteiger partial charge >= 0.3 is 0 Å². The average molecular weight is 253 g/mol. The molecule has 0 bridgehead atoms. The number of nitrogens with zero attached hydrogens (tertiary/aromatic N) is 1. The van der Waals surface area contributed by atoms with Crippen LogP contribution in [0.4, 0.5) is 5.69 Å². The highest BCUT2D eigenvalue weighted by Gasteiger charge is 2.16. The second-order valence-corrected chi connectivity index (χ2v) is 4.31. The van der Waals surface area contributed by atoms with Gasteiger partial charge in [-0.3, -0.25) is 0 Å². The molecule has 0 unspecified atom stereocenters. The van der Waals surface area contributed by atoms with E-state index >= 15 is 0 Å². The number of methoxy groups -OCH3 is 1. The lowest BCUT2D eigenvalue weighted by Gasteiger charge is -2.19. The van der Waals surface area contributed by atoms with Gasteiger partial charge in [-0.2, -0.15) is 5.26 Å². The van der Waals surface area contributed by atoms with E-state index in [1.807, 2.05) is 20.8 Å². The molecule has 0 aliphatic carbocycles. The van der Waals surface area contributed by atoms with E-state index in [1.165, 1.54) is 0 Å². The van der Waals surface area contributed by atoms with Gasteiger partial charge in [0, 0.05) is 11.6 Å². The van der Waals surface area contributed by atoms with Crippen LogP contribution in [0.5, 0.6) is 5.75 Å². The van der Waals surface area contributed by atoms with Crippen LogP contribution in [0, 0.1) is 32.1 Å². The standard InChI is InChI=1S/C13H17ClN2O/c1-8-9(2)13(17-4)12(10(3)11(8)14)16-7-5-6-15/h16H,5,7H2,1-4H3. The number of nitrogens with one attached hydrogen (secondary N) is 1. The van der Waals surface area contributed by atoms with Gasteiger partial charge in [0.2, 0.25) is 0 Å². The molecule has 0 atom stereocenters. The first-order chi connectivity index (χ1) is 8.04. The van der Waals surface area contributed by atoms with Crippen LogP contribution in [0.3, 0.4) is 0 Å². The third-order valence-corrected chi connectivity index (χ3v) is 3.47. The molecule has 17 heavy (non-hydrogen) atoms. The Balaban J connectivity index is 3.22. The third kappa shape index (κ3) is 2.65. The number of nitriles is 1. The van der Waals surface area contributed by atoms with Crippen LogP contribution in [0.1, 0.15) is 23.1 Å². The van der Waals surface area contributed by atoms with Crippen LogP contribution < -0.4 is 10.1 Å². The number of rotatable bonds is 4. The highest BCUT2D eigenvalue weighted by molar-refractivity contribution is 6.32. The van der Waals surface area contributed by atoms with Gasteiger partial charge in [-0.15, -0.1) is 0 Å². The minimum absolute atomic E-state index is 0.452. The minimum atomic E-state index is 0.452. The second kappa shape index (κ2) is 5.79. The molecule has 92 valence electrons. The van der Waals surface area contributed by atoms with E-state index in [0.29, 0.717) is 13.0 Å². The Labute approximate surface area is 107 Å². The summed E-state index contributed by atoms with van der Waals surface area (Å²) in [7, 11) is 1.64. The molecule has 1 aromatic rings. The summed E-state index contributed by atoms with van der Waals surface area (Å²) in [6.07, 6.45) is 0.452. The average Bonchev–Trinajstić information content (AvgIpc) is 2.33. The second-order valence-electron chi connectivity index (χ2n) is 3.93. The van der Waals surface area contributed by atoms with Crippen LogP contribution in [0.25, 0.3) is 0 Å². The summed E-state index contributed by atoms with van der Waals surface area (Å²) < 4.78 is 5.42. The molecule has 0 aromatic heterocycles. The lowest BCUT2D eigenvalue weighted by molar-refractivity contribution is 0.412. The molecule has 0 heterocycles. The zero-order chi connectivity index (χ0) is 13.0. The van der Waals surface area contributed by atoms with Crippen molar-refractivity contribution in [2.24, 2.45) is 0 Å². The van der Waals surface area contributed by atoms with Gasteiger partial charge in [0.05, 0.1) is 25.3 Å². The Hall–Kier alpha value is -1.40. The third-order valence-electron chi connectivity index (χ3n) is 2.91. The summed E-state index contributed by atoms with van der Waals surface area (Å²) in [4.78, 5) is 0. The fourth-order valence-electron chi connectivity index (χ4n) is 1.80. The van der Waals surface area contributed by atoms with Crippen LogP contribution in [0.2, 0.25) is 5.02 Å². The molecular formula is C13H17ClN2O. The predicted octanol–water partition coefficient (Wildman–Crippen LogP) is 3.60. The maximum Gasteiger partial charge on any atom is 0.145 e. The van der Waals surface area contributed by atoms with Crippen molar-refractivity contribution in [1.82, 2.24) is 0 Å². The number of hydrogen-bond donors (Lipinski definition) is 1. The lowest BCUT2D eigenvalue weighted by Crippen LogP contribution is -2.07. The van der Waals surface area contributed by atoms with E-state index < -0.39 is 0 Å². The Bertz CT molecular complexity index is 464. The highest BCUT2D eigenvalue weighted by atomic mass is 35.5. The van der Waals surface area contributed by atoms with Crippen molar-refractivity contribution in [3.8, 4) is 11.8 Å². The highest BCUT2D eigenvalue weighted by Crippen LogP contribution is 2.39. The monoisotopic (exact) mass is 252 g/mol. The molecule has 0 spiro atoms. The number of halogens is 1. The smallest absolute Gasteiger partial charge is 0.145 e. The van der Waals surface area contributed by atoms with E-state index in [9.17, 15) is 0 Å². The summed E-state index contributed by atoms with van der Waals surface area (Å²) >= 11 is 6.27. The SMILES string of the molecule is COc1c(C)c(C)c(Cl)c(C)c1NCCC#N. The zero-order valence-corrected chi connectivity index (χ0v) is 11.4. The first-order valence-electron chi connectivity index (χ1n) is 5.48.